The lowest BCUT2D eigenvalue weighted by Crippen LogP contribution is -2.56. The zero-order valence-electron chi connectivity index (χ0n) is 14.2. The SMILES string of the molecule is O=C(CCn1cnnc1)N1CC[C@H](O)[C@](CO)(Cc2ccccc2)C1. The lowest BCUT2D eigenvalue weighted by atomic mass is 9.73. The van der Waals surface area contributed by atoms with E-state index in [0.717, 1.165) is 5.56 Å². The molecule has 0 spiro atoms. The molecule has 1 amide bonds. The van der Waals surface area contributed by atoms with Crippen LogP contribution in [0, 0.1) is 5.41 Å². The van der Waals surface area contributed by atoms with Crippen LogP contribution in [-0.4, -0.2) is 61.6 Å². The maximum absolute atomic E-state index is 12.6. The fourth-order valence-electron chi connectivity index (χ4n) is 3.47. The van der Waals surface area contributed by atoms with Crippen molar-refractivity contribution in [3.63, 3.8) is 0 Å². The topological polar surface area (TPSA) is 91.5 Å². The molecule has 1 aliphatic rings. The van der Waals surface area contributed by atoms with Crippen LogP contribution >= 0.6 is 0 Å². The highest BCUT2D eigenvalue weighted by Crippen LogP contribution is 2.34. The number of carbonyl (C=O) groups excluding carboxylic acids is 1. The highest BCUT2D eigenvalue weighted by molar-refractivity contribution is 5.76. The second kappa shape index (κ2) is 7.76. The molecule has 0 aliphatic carbocycles. The summed E-state index contributed by atoms with van der Waals surface area (Å²) < 4.78 is 1.76. The second-order valence-electron chi connectivity index (χ2n) is 6.75. The number of aliphatic hydroxyl groups excluding tert-OH is 2. The number of amides is 1. The molecule has 0 unspecified atom stereocenters. The first-order valence-electron chi connectivity index (χ1n) is 8.56. The number of aryl methyl sites for hydroxylation is 1. The van der Waals surface area contributed by atoms with Gasteiger partial charge in [-0.05, 0) is 18.4 Å². The summed E-state index contributed by atoms with van der Waals surface area (Å²) in [7, 11) is 0. The minimum Gasteiger partial charge on any atom is -0.396 e. The Morgan fingerprint density at radius 1 is 1.24 bits per heavy atom. The molecule has 3 rings (SSSR count). The molecule has 1 aliphatic heterocycles. The lowest BCUT2D eigenvalue weighted by molar-refractivity contribution is -0.142. The smallest absolute Gasteiger partial charge is 0.224 e. The van der Waals surface area contributed by atoms with Crippen molar-refractivity contribution < 1.29 is 15.0 Å². The van der Waals surface area contributed by atoms with Crippen molar-refractivity contribution in [2.75, 3.05) is 19.7 Å². The van der Waals surface area contributed by atoms with E-state index in [-0.39, 0.29) is 12.5 Å². The molecule has 0 bridgehead atoms. The maximum atomic E-state index is 12.6. The molecule has 25 heavy (non-hydrogen) atoms. The number of hydrogen-bond acceptors (Lipinski definition) is 5. The number of carbonyl (C=O) groups is 1. The van der Waals surface area contributed by atoms with E-state index in [1.54, 1.807) is 22.1 Å². The number of nitrogens with zero attached hydrogens (tertiary/aromatic N) is 4. The van der Waals surface area contributed by atoms with Crippen molar-refractivity contribution in [3.8, 4) is 0 Å². The molecule has 7 heteroatoms. The van der Waals surface area contributed by atoms with Crippen LogP contribution in [0.5, 0.6) is 0 Å². The van der Waals surface area contributed by atoms with E-state index in [4.69, 9.17) is 0 Å². The molecule has 0 saturated carbocycles. The van der Waals surface area contributed by atoms with Gasteiger partial charge in [-0.2, -0.15) is 0 Å². The fraction of sp³-hybridized carbons (Fsp3) is 0.500. The van der Waals surface area contributed by atoms with Gasteiger partial charge >= 0.3 is 0 Å². The van der Waals surface area contributed by atoms with Crippen LogP contribution in [-0.2, 0) is 17.8 Å². The monoisotopic (exact) mass is 344 g/mol. The lowest BCUT2D eigenvalue weighted by Gasteiger charge is -2.45. The normalized spacial score (nSPS) is 23.6. The third kappa shape index (κ3) is 4.05. The number of hydrogen-bond donors (Lipinski definition) is 2. The van der Waals surface area contributed by atoms with Crippen molar-refractivity contribution in [1.29, 1.82) is 0 Å². The van der Waals surface area contributed by atoms with Gasteiger partial charge in [-0.25, -0.2) is 0 Å². The Balaban J connectivity index is 1.67. The van der Waals surface area contributed by atoms with Crippen molar-refractivity contribution in [2.45, 2.75) is 31.9 Å². The minimum atomic E-state index is -0.716. The minimum absolute atomic E-state index is 0.0199. The first-order chi connectivity index (χ1) is 12.1. The molecule has 2 N–H and O–H groups in total. The number of benzene rings is 1. The van der Waals surface area contributed by atoms with E-state index < -0.39 is 11.5 Å². The third-order valence-electron chi connectivity index (χ3n) is 5.00. The molecule has 7 nitrogen and oxygen atoms in total. The fourth-order valence-corrected chi connectivity index (χ4v) is 3.47. The second-order valence-corrected chi connectivity index (χ2v) is 6.75. The van der Waals surface area contributed by atoms with E-state index in [2.05, 4.69) is 10.2 Å². The molecular weight excluding hydrogens is 320 g/mol. The maximum Gasteiger partial charge on any atom is 0.224 e. The van der Waals surface area contributed by atoms with E-state index in [1.807, 2.05) is 30.3 Å². The van der Waals surface area contributed by atoms with Gasteiger partial charge in [-0.3, -0.25) is 4.79 Å². The average molecular weight is 344 g/mol. The van der Waals surface area contributed by atoms with Gasteiger partial charge in [0, 0.05) is 31.5 Å². The van der Waals surface area contributed by atoms with Gasteiger partial charge in [-0.1, -0.05) is 30.3 Å². The Hall–Kier alpha value is -2.25. The zero-order valence-corrected chi connectivity index (χ0v) is 14.2. The zero-order chi connectivity index (χ0) is 17.7. The van der Waals surface area contributed by atoms with Gasteiger partial charge in [0.05, 0.1) is 12.7 Å². The van der Waals surface area contributed by atoms with Crippen LogP contribution in [0.2, 0.25) is 0 Å². The Kier molecular flexibility index (Phi) is 5.45. The van der Waals surface area contributed by atoms with Crippen LogP contribution in [0.4, 0.5) is 0 Å². The summed E-state index contributed by atoms with van der Waals surface area (Å²) in [5.41, 5.74) is 0.334. The summed E-state index contributed by atoms with van der Waals surface area (Å²) in [6.07, 6.45) is 3.91. The van der Waals surface area contributed by atoms with E-state index in [1.165, 1.54) is 0 Å². The standard InChI is InChI=1S/C18H24N4O3/c23-12-18(10-15-4-2-1-3-5-15)11-22(9-6-16(18)24)17(25)7-8-21-13-19-20-14-21/h1-5,13-14,16,23-24H,6-12H2/t16-,18+/m0/s1. The molecule has 2 atom stereocenters. The molecule has 134 valence electrons. The number of aliphatic hydroxyl groups is 2. The highest BCUT2D eigenvalue weighted by atomic mass is 16.3. The van der Waals surface area contributed by atoms with Crippen molar-refractivity contribution >= 4 is 5.91 Å². The summed E-state index contributed by atoms with van der Waals surface area (Å²) in [4.78, 5) is 14.3. The van der Waals surface area contributed by atoms with Crippen molar-refractivity contribution in [3.05, 3.63) is 48.5 Å². The van der Waals surface area contributed by atoms with Gasteiger partial charge in [-0.15, -0.1) is 10.2 Å². The Morgan fingerprint density at radius 3 is 2.64 bits per heavy atom. The molecule has 1 saturated heterocycles. The first-order valence-corrected chi connectivity index (χ1v) is 8.56. The average Bonchev–Trinajstić information content (AvgIpc) is 3.16. The quantitative estimate of drug-likeness (QED) is 0.795. The van der Waals surface area contributed by atoms with Crippen molar-refractivity contribution in [2.24, 2.45) is 5.41 Å². The van der Waals surface area contributed by atoms with E-state index >= 15 is 0 Å². The van der Waals surface area contributed by atoms with Crippen LogP contribution in [0.3, 0.4) is 0 Å². The Labute approximate surface area is 146 Å². The van der Waals surface area contributed by atoms with Crippen LogP contribution in [0.1, 0.15) is 18.4 Å². The van der Waals surface area contributed by atoms with E-state index in [0.29, 0.717) is 38.9 Å². The Morgan fingerprint density at radius 2 is 1.96 bits per heavy atom. The van der Waals surface area contributed by atoms with Gasteiger partial charge in [0.15, 0.2) is 0 Å². The van der Waals surface area contributed by atoms with Crippen LogP contribution in [0.15, 0.2) is 43.0 Å². The molecule has 2 aromatic rings. The molecule has 0 radical (unpaired) electrons. The van der Waals surface area contributed by atoms with Crippen molar-refractivity contribution in [1.82, 2.24) is 19.7 Å². The predicted molar refractivity (Wildman–Crippen MR) is 91.5 cm³/mol. The molecular formula is C18H24N4O3. The predicted octanol–water partition coefficient (Wildman–Crippen LogP) is 0.483. The van der Waals surface area contributed by atoms with Gasteiger partial charge in [0.25, 0.3) is 0 Å². The summed E-state index contributed by atoms with van der Waals surface area (Å²) in [6, 6.07) is 9.79. The van der Waals surface area contributed by atoms with Crippen LogP contribution < -0.4 is 0 Å². The summed E-state index contributed by atoms with van der Waals surface area (Å²) >= 11 is 0. The number of likely N-dealkylation sites (tertiary alicyclic amines) is 1. The molecule has 1 fully saturated rings. The molecule has 1 aromatic heterocycles. The third-order valence-corrected chi connectivity index (χ3v) is 5.00. The summed E-state index contributed by atoms with van der Waals surface area (Å²) in [5, 5.41) is 28.0. The van der Waals surface area contributed by atoms with Gasteiger partial charge in [0.2, 0.25) is 5.91 Å². The summed E-state index contributed by atoms with van der Waals surface area (Å²) in [5.74, 6) is 0.0199. The molecule has 2 heterocycles. The Bertz CT molecular complexity index is 677. The number of aromatic nitrogens is 3. The largest absolute Gasteiger partial charge is 0.396 e. The molecule has 1 aromatic carbocycles. The van der Waals surface area contributed by atoms with Crippen LogP contribution in [0.25, 0.3) is 0 Å². The number of piperidine rings is 1. The van der Waals surface area contributed by atoms with E-state index in [9.17, 15) is 15.0 Å². The summed E-state index contributed by atoms with van der Waals surface area (Å²) in [6.45, 7) is 1.24. The first kappa shape index (κ1) is 17.6. The van der Waals surface area contributed by atoms with Gasteiger partial charge < -0.3 is 19.7 Å². The van der Waals surface area contributed by atoms with Gasteiger partial charge in [0.1, 0.15) is 12.7 Å². The highest BCUT2D eigenvalue weighted by Gasteiger charge is 2.43. The number of rotatable bonds is 6.